The highest BCUT2D eigenvalue weighted by atomic mass is 16.5. The molecule has 2 atom stereocenters. The van der Waals surface area contributed by atoms with Crippen LogP contribution in [0.1, 0.15) is 35.1 Å². The molecule has 0 saturated heterocycles. The topological polar surface area (TPSA) is 221 Å². The lowest BCUT2D eigenvalue weighted by atomic mass is 9.80. The van der Waals surface area contributed by atoms with E-state index < -0.39 is 34.5 Å². The number of phenolic OH excluding ortho intramolecular Hbond substituents is 8. The summed E-state index contributed by atoms with van der Waals surface area (Å²) in [6, 6.07) is 14.7. The zero-order valence-electron chi connectivity index (χ0n) is 24.9. The molecular formula is C34H38O12. The molecule has 4 aromatic carbocycles. The van der Waals surface area contributed by atoms with Crippen molar-refractivity contribution in [2.45, 2.75) is 38.9 Å². The van der Waals surface area contributed by atoms with Crippen LogP contribution in [0.5, 0.6) is 57.5 Å². The number of aromatic hydroxyl groups is 8. The first-order chi connectivity index (χ1) is 22.0. The number of benzene rings is 4. The van der Waals surface area contributed by atoms with Crippen LogP contribution in [-0.2, 0) is 26.1 Å². The lowest BCUT2D eigenvalue weighted by molar-refractivity contribution is 0.158. The lowest BCUT2D eigenvalue weighted by Gasteiger charge is -2.26. The highest BCUT2D eigenvalue weighted by Crippen LogP contribution is 2.38. The van der Waals surface area contributed by atoms with Gasteiger partial charge in [-0.05, 0) is 108 Å². The molecule has 4 rings (SSSR count). The molecule has 12 nitrogen and oxygen atoms in total. The van der Waals surface area contributed by atoms with E-state index in [1.807, 2.05) is 0 Å². The zero-order chi connectivity index (χ0) is 33.4. The molecule has 0 unspecified atom stereocenters. The van der Waals surface area contributed by atoms with Gasteiger partial charge in [-0.25, -0.2) is 0 Å². The van der Waals surface area contributed by atoms with Crippen molar-refractivity contribution in [3.8, 4) is 57.5 Å². The van der Waals surface area contributed by atoms with Crippen molar-refractivity contribution in [3.63, 3.8) is 0 Å². The van der Waals surface area contributed by atoms with Gasteiger partial charge >= 0.3 is 0 Å². The number of ether oxygens (including phenoxy) is 2. The average Bonchev–Trinajstić information content (AvgIpc) is 3.02. The monoisotopic (exact) mass is 638 g/mol. The second kappa shape index (κ2) is 15.2. The van der Waals surface area contributed by atoms with Crippen LogP contribution in [0.15, 0.2) is 60.7 Å². The van der Waals surface area contributed by atoms with Crippen LogP contribution in [0, 0.1) is 11.8 Å². The highest BCUT2D eigenvalue weighted by molar-refractivity contribution is 5.52. The van der Waals surface area contributed by atoms with Gasteiger partial charge in [-0.1, -0.05) is 12.1 Å². The third-order valence-corrected chi connectivity index (χ3v) is 7.72. The van der Waals surface area contributed by atoms with E-state index in [4.69, 9.17) is 9.47 Å². The van der Waals surface area contributed by atoms with Gasteiger partial charge in [0.15, 0.2) is 57.5 Å². The van der Waals surface area contributed by atoms with Crippen LogP contribution in [0.4, 0.5) is 0 Å². The van der Waals surface area contributed by atoms with Gasteiger partial charge in [0.05, 0.1) is 0 Å². The number of rotatable bonds is 15. The predicted octanol–water partition coefficient (Wildman–Crippen LogP) is 4.27. The summed E-state index contributed by atoms with van der Waals surface area (Å²) in [6.07, 6.45) is 1.97. The van der Waals surface area contributed by atoms with Gasteiger partial charge in [-0.2, -0.15) is 0 Å². The summed E-state index contributed by atoms with van der Waals surface area (Å²) in [5, 5.41) is 98.9. The van der Waals surface area contributed by atoms with E-state index in [1.165, 1.54) is 30.3 Å². The molecule has 0 heterocycles. The van der Waals surface area contributed by atoms with Crippen LogP contribution in [0.25, 0.3) is 0 Å². The Morgan fingerprint density at radius 2 is 0.870 bits per heavy atom. The first kappa shape index (κ1) is 33.7. The fourth-order valence-electron chi connectivity index (χ4n) is 5.28. The third kappa shape index (κ3) is 8.49. The van der Waals surface area contributed by atoms with Crippen LogP contribution >= 0.6 is 0 Å². The van der Waals surface area contributed by atoms with E-state index in [2.05, 4.69) is 0 Å². The molecule has 0 bridgehead atoms. The fourth-order valence-corrected chi connectivity index (χ4v) is 5.28. The van der Waals surface area contributed by atoms with Gasteiger partial charge in [0.25, 0.3) is 0 Å². The van der Waals surface area contributed by atoms with Gasteiger partial charge in [0, 0.05) is 13.2 Å². The van der Waals surface area contributed by atoms with Gasteiger partial charge < -0.3 is 60.5 Å². The van der Waals surface area contributed by atoms with Gasteiger partial charge in [-0.15, -0.1) is 0 Å². The summed E-state index contributed by atoms with van der Waals surface area (Å²) in [5.41, 5.74) is 2.24. The normalized spacial score (nSPS) is 12.5. The molecule has 0 spiro atoms. The van der Waals surface area contributed by atoms with E-state index in [9.17, 15) is 51.1 Å². The summed E-state index contributed by atoms with van der Waals surface area (Å²) in [4.78, 5) is 0. The van der Waals surface area contributed by atoms with Gasteiger partial charge in [0.2, 0.25) is 0 Å². The molecule has 10 N–H and O–H groups in total. The number of hydrogen-bond donors (Lipinski definition) is 10. The van der Waals surface area contributed by atoms with E-state index in [0.29, 0.717) is 36.8 Å². The maximum Gasteiger partial charge on any atom is 0.200 e. The Labute approximate surface area is 264 Å². The second-order valence-corrected chi connectivity index (χ2v) is 11.1. The summed E-state index contributed by atoms with van der Waals surface area (Å²) in [5.74, 6) is -3.59. The van der Waals surface area contributed by atoms with E-state index in [0.717, 1.165) is 11.1 Å². The number of phenols is 8. The highest BCUT2D eigenvalue weighted by Gasteiger charge is 2.23. The lowest BCUT2D eigenvalue weighted by Crippen LogP contribution is -2.23. The maximum atomic E-state index is 10.6. The SMILES string of the molecule is OCCC[C@@H](Cc1ccc(OCc2cc(O)c(O)c(O)c2)c(O)c1)[C@@H](CO)Cc1ccc(OCc2cc(O)c(O)c(O)c2)c(O)c1. The summed E-state index contributed by atoms with van der Waals surface area (Å²) in [6.45, 7) is -0.390. The molecule has 0 aliphatic rings. The van der Waals surface area contributed by atoms with E-state index in [1.54, 1.807) is 30.3 Å². The molecule has 0 aliphatic heterocycles. The van der Waals surface area contributed by atoms with Crippen molar-refractivity contribution in [3.05, 3.63) is 82.9 Å². The molecular weight excluding hydrogens is 600 g/mol. The first-order valence-electron chi connectivity index (χ1n) is 14.6. The van der Waals surface area contributed by atoms with Gasteiger partial charge in [0.1, 0.15) is 13.2 Å². The Hall–Kier alpha value is -5.20. The van der Waals surface area contributed by atoms with Crippen molar-refractivity contribution >= 4 is 0 Å². The summed E-state index contributed by atoms with van der Waals surface area (Å²) < 4.78 is 11.3. The summed E-state index contributed by atoms with van der Waals surface area (Å²) in [7, 11) is 0. The standard InChI is InChI=1S/C34H38O12/c35-7-1-2-23(8-19-3-5-31(25(37)10-19)45-17-21-12-27(39)33(43)28(40)13-21)24(16-36)9-20-4-6-32(26(38)11-20)46-18-22-14-29(41)34(44)30(42)15-22/h3-6,10-15,23-24,35-44H,1-2,7-9,16-18H2/t23-,24+/m0/s1. The summed E-state index contributed by atoms with van der Waals surface area (Å²) >= 11 is 0. The Balaban J connectivity index is 1.41. The van der Waals surface area contributed by atoms with Crippen molar-refractivity contribution in [2.24, 2.45) is 11.8 Å². The zero-order valence-corrected chi connectivity index (χ0v) is 24.9. The quantitative estimate of drug-likeness (QED) is 0.0825. The first-order valence-corrected chi connectivity index (χ1v) is 14.6. The minimum atomic E-state index is -0.637. The molecule has 46 heavy (non-hydrogen) atoms. The molecule has 12 heteroatoms. The van der Waals surface area contributed by atoms with E-state index in [-0.39, 0.29) is 61.3 Å². The Morgan fingerprint density at radius 1 is 0.478 bits per heavy atom. The second-order valence-electron chi connectivity index (χ2n) is 11.1. The number of aliphatic hydroxyl groups excluding tert-OH is 2. The molecule has 246 valence electrons. The van der Waals surface area contributed by atoms with Crippen LogP contribution < -0.4 is 9.47 Å². The molecule has 0 radical (unpaired) electrons. The molecule has 4 aromatic rings. The molecule has 0 fully saturated rings. The van der Waals surface area contributed by atoms with Crippen molar-refractivity contribution in [1.29, 1.82) is 0 Å². The van der Waals surface area contributed by atoms with E-state index >= 15 is 0 Å². The Bertz CT molecular complexity index is 1590. The fraction of sp³-hybridized carbons (Fsp3) is 0.294. The molecule has 0 saturated carbocycles. The largest absolute Gasteiger partial charge is 0.504 e. The maximum absolute atomic E-state index is 10.6. The minimum absolute atomic E-state index is 0.0293. The number of aliphatic hydroxyl groups is 2. The minimum Gasteiger partial charge on any atom is -0.504 e. The van der Waals surface area contributed by atoms with Crippen LogP contribution in [-0.4, -0.2) is 64.3 Å². The molecule has 0 aromatic heterocycles. The molecule has 0 amide bonds. The smallest absolute Gasteiger partial charge is 0.200 e. The average molecular weight is 639 g/mol. The Kier molecular flexibility index (Phi) is 11.1. The van der Waals surface area contributed by atoms with Crippen LogP contribution in [0.3, 0.4) is 0 Å². The van der Waals surface area contributed by atoms with Crippen molar-refractivity contribution in [2.75, 3.05) is 13.2 Å². The van der Waals surface area contributed by atoms with Crippen LogP contribution in [0.2, 0.25) is 0 Å². The Morgan fingerprint density at radius 3 is 1.24 bits per heavy atom. The van der Waals surface area contributed by atoms with Gasteiger partial charge in [-0.3, -0.25) is 0 Å². The third-order valence-electron chi connectivity index (χ3n) is 7.72. The predicted molar refractivity (Wildman–Crippen MR) is 166 cm³/mol. The van der Waals surface area contributed by atoms with Crippen molar-refractivity contribution < 1.29 is 60.5 Å². The van der Waals surface area contributed by atoms with Crippen molar-refractivity contribution in [1.82, 2.24) is 0 Å². The molecule has 0 aliphatic carbocycles. The number of hydrogen-bond acceptors (Lipinski definition) is 12.